The number of rotatable bonds is 4. The highest BCUT2D eigenvalue weighted by atomic mass is 35.5. The van der Waals surface area contributed by atoms with Crippen molar-refractivity contribution in [3.05, 3.63) is 52.6 Å². The summed E-state index contributed by atoms with van der Waals surface area (Å²) in [6.45, 7) is 1.95. The Labute approximate surface area is 155 Å². The average molecular weight is 402 g/mol. The van der Waals surface area contributed by atoms with Crippen LogP contribution in [0.4, 0.5) is 18.9 Å². The Morgan fingerprint density at radius 1 is 1.20 bits per heavy atom. The molecule has 0 saturated carbocycles. The van der Waals surface area contributed by atoms with Crippen molar-refractivity contribution in [1.29, 1.82) is 0 Å². The molecule has 0 unspecified atom stereocenters. The third kappa shape index (κ3) is 4.45. The molecule has 0 aliphatic carbocycles. The van der Waals surface area contributed by atoms with Crippen LogP contribution < -0.4 is 4.72 Å². The summed E-state index contributed by atoms with van der Waals surface area (Å²) in [6, 6.07) is 6.53. The molecule has 0 bridgehead atoms. The normalized spacial score (nSPS) is 11.6. The van der Waals surface area contributed by atoms with E-state index >= 15 is 0 Å². The van der Waals surface area contributed by atoms with Gasteiger partial charge in [0.15, 0.2) is 0 Å². The standard InChI is InChI=1S/C16H11ClF3N3S2/c1-9-7-21-5-4-11(9)15-22-14(8-24-15)12-3-2-10(6-13(12)17)23-25-16(18,19)20/h2-8,23H,1H3. The molecule has 2 aromatic heterocycles. The number of hydrogen-bond donors (Lipinski definition) is 1. The maximum absolute atomic E-state index is 12.2. The molecular weight excluding hydrogens is 391 g/mol. The van der Waals surface area contributed by atoms with Gasteiger partial charge in [0, 0.05) is 34.6 Å². The topological polar surface area (TPSA) is 37.8 Å². The number of thiazole rings is 1. The molecule has 0 atom stereocenters. The fourth-order valence-electron chi connectivity index (χ4n) is 2.14. The number of halogens is 4. The van der Waals surface area contributed by atoms with E-state index in [2.05, 4.69) is 14.7 Å². The predicted molar refractivity (Wildman–Crippen MR) is 97.8 cm³/mol. The highest BCUT2D eigenvalue weighted by Crippen LogP contribution is 2.36. The van der Waals surface area contributed by atoms with Gasteiger partial charge in [0.1, 0.15) is 5.01 Å². The number of hydrogen-bond acceptors (Lipinski definition) is 5. The van der Waals surface area contributed by atoms with Gasteiger partial charge in [0.2, 0.25) is 0 Å². The zero-order valence-corrected chi connectivity index (χ0v) is 15.2. The first-order valence-corrected chi connectivity index (χ1v) is 9.08. The second kappa shape index (κ2) is 7.23. The molecule has 130 valence electrons. The van der Waals surface area contributed by atoms with E-state index < -0.39 is 5.51 Å². The molecule has 2 heterocycles. The van der Waals surface area contributed by atoms with Crippen LogP contribution in [0.15, 0.2) is 42.0 Å². The molecule has 0 aliphatic rings. The highest BCUT2D eigenvalue weighted by molar-refractivity contribution is 8.01. The smallest absolute Gasteiger partial charge is 0.323 e. The second-order valence-corrected chi connectivity index (χ2v) is 7.21. The minimum absolute atomic E-state index is 0.275. The molecule has 1 aromatic carbocycles. The van der Waals surface area contributed by atoms with Crippen LogP contribution in [0.1, 0.15) is 5.56 Å². The molecule has 0 spiro atoms. The highest BCUT2D eigenvalue weighted by Gasteiger charge is 2.29. The van der Waals surface area contributed by atoms with Gasteiger partial charge in [-0.15, -0.1) is 11.3 Å². The largest absolute Gasteiger partial charge is 0.461 e. The van der Waals surface area contributed by atoms with E-state index in [9.17, 15) is 13.2 Å². The third-order valence-electron chi connectivity index (χ3n) is 3.28. The van der Waals surface area contributed by atoms with Crippen molar-refractivity contribution in [2.75, 3.05) is 4.72 Å². The molecule has 0 fully saturated rings. The lowest BCUT2D eigenvalue weighted by molar-refractivity contribution is -0.0323. The average Bonchev–Trinajstić information content (AvgIpc) is 3.02. The minimum Gasteiger partial charge on any atom is -0.323 e. The molecule has 3 nitrogen and oxygen atoms in total. The van der Waals surface area contributed by atoms with Crippen LogP contribution in [-0.2, 0) is 0 Å². The van der Waals surface area contributed by atoms with Crippen molar-refractivity contribution in [2.24, 2.45) is 0 Å². The molecule has 0 aliphatic heterocycles. The van der Waals surface area contributed by atoms with Gasteiger partial charge in [0.05, 0.1) is 22.7 Å². The first-order chi connectivity index (χ1) is 11.8. The van der Waals surface area contributed by atoms with Crippen LogP contribution in [0.2, 0.25) is 5.02 Å². The Kier molecular flexibility index (Phi) is 5.21. The number of anilines is 1. The molecule has 1 N–H and O–H groups in total. The summed E-state index contributed by atoms with van der Waals surface area (Å²) in [5.74, 6) is 0. The number of benzene rings is 1. The van der Waals surface area contributed by atoms with Gasteiger partial charge in [-0.1, -0.05) is 11.6 Å². The Bertz CT molecular complexity index is 896. The van der Waals surface area contributed by atoms with Crippen LogP contribution in [0, 0.1) is 6.92 Å². The second-order valence-electron chi connectivity index (χ2n) is 5.07. The summed E-state index contributed by atoms with van der Waals surface area (Å²) < 4.78 is 38.9. The summed E-state index contributed by atoms with van der Waals surface area (Å²) in [7, 11) is 0. The number of aromatic nitrogens is 2. The van der Waals surface area contributed by atoms with Crippen molar-refractivity contribution < 1.29 is 13.2 Å². The lowest BCUT2D eigenvalue weighted by Crippen LogP contribution is -2.04. The van der Waals surface area contributed by atoms with Crippen LogP contribution in [0.25, 0.3) is 21.8 Å². The van der Waals surface area contributed by atoms with Crippen molar-refractivity contribution in [1.82, 2.24) is 9.97 Å². The molecule has 25 heavy (non-hydrogen) atoms. The van der Waals surface area contributed by atoms with E-state index in [4.69, 9.17) is 11.6 Å². The van der Waals surface area contributed by atoms with E-state index in [1.165, 1.54) is 23.5 Å². The number of nitrogens with one attached hydrogen (secondary N) is 1. The summed E-state index contributed by atoms with van der Waals surface area (Å²) in [5.41, 5.74) is -0.746. The molecule has 0 amide bonds. The monoisotopic (exact) mass is 401 g/mol. The summed E-state index contributed by atoms with van der Waals surface area (Å²) in [4.78, 5) is 8.65. The van der Waals surface area contributed by atoms with Crippen LogP contribution in [-0.4, -0.2) is 15.5 Å². The van der Waals surface area contributed by atoms with Crippen molar-refractivity contribution in [3.8, 4) is 21.8 Å². The van der Waals surface area contributed by atoms with Gasteiger partial charge in [-0.2, -0.15) is 13.2 Å². The maximum atomic E-state index is 12.2. The predicted octanol–water partition coefficient (Wildman–Crippen LogP) is 6.41. The van der Waals surface area contributed by atoms with Crippen molar-refractivity contribution in [3.63, 3.8) is 0 Å². The zero-order chi connectivity index (χ0) is 18.0. The lowest BCUT2D eigenvalue weighted by Gasteiger charge is -2.09. The van der Waals surface area contributed by atoms with Gasteiger partial charge in [-0.25, -0.2) is 4.98 Å². The van der Waals surface area contributed by atoms with Gasteiger partial charge in [-0.05, 0) is 36.8 Å². The fourth-order valence-corrected chi connectivity index (χ4v) is 3.69. The van der Waals surface area contributed by atoms with E-state index in [-0.39, 0.29) is 17.6 Å². The number of pyridine rings is 1. The van der Waals surface area contributed by atoms with Crippen LogP contribution >= 0.6 is 34.9 Å². The van der Waals surface area contributed by atoms with E-state index in [0.717, 1.165) is 16.1 Å². The molecule has 9 heteroatoms. The molecule has 0 radical (unpaired) electrons. The van der Waals surface area contributed by atoms with Crippen LogP contribution in [0.3, 0.4) is 0 Å². The molecule has 3 rings (SSSR count). The van der Waals surface area contributed by atoms with Gasteiger partial charge >= 0.3 is 5.51 Å². The summed E-state index contributed by atoms with van der Waals surface area (Å²) in [5, 5.41) is 3.03. The zero-order valence-electron chi connectivity index (χ0n) is 12.8. The first kappa shape index (κ1) is 18.0. The SMILES string of the molecule is Cc1cnccc1-c1nc(-c2ccc(NSC(F)(F)F)cc2Cl)cs1. The van der Waals surface area contributed by atoms with Gasteiger partial charge in [0.25, 0.3) is 0 Å². The van der Waals surface area contributed by atoms with Crippen molar-refractivity contribution in [2.45, 2.75) is 12.4 Å². The molecular formula is C16H11ClF3N3S2. The summed E-state index contributed by atoms with van der Waals surface area (Å²) in [6.07, 6.45) is 3.47. The quantitative estimate of drug-likeness (QED) is 0.512. The fraction of sp³-hybridized carbons (Fsp3) is 0.125. The first-order valence-electron chi connectivity index (χ1n) is 7.01. The van der Waals surface area contributed by atoms with Gasteiger partial charge in [-0.3, -0.25) is 4.98 Å². The number of nitrogens with zero attached hydrogens (tertiary/aromatic N) is 2. The van der Waals surface area contributed by atoms with E-state index in [1.54, 1.807) is 18.5 Å². The third-order valence-corrected chi connectivity index (χ3v) is 5.04. The Balaban J connectivity index is 1.84. The molecule has 3 aromatic rings. The van der Waals surface area contributed by atoms with E-state index in [1.807, 2.05) is 18.4 Å². The van der Waals surface area contributed by atoms with Gasteiger partial charge < -0.3 is 4.72 Å². The Morgan fingerprint density at radius 2 is 2.00 bits per heavy atom. The number of aryl methyl sites for hydroxylation is 1. The minimum atomic E-state index is -4.36. The summed E-state index contributed by atoms with van der Waals surface area (Å²) >= 11 is 7.37. The van der Waals surface area contributed by atoms with E-state index in [0.29, 0.717) is 16.3 Å². The Morgan fingerprint density at radius 3 is 2.68 bits per heavy atom. The van der Waals surface area contributed by atoms with Crippen molar-refractivity contribution >= 4 is 40.6 Å². The Hall–Kier alpha value is -1.77. The number of alkyl halides is 3. The lowest BCUT2D eigenvalue weighted by atomic mass is 10.1. The van der Waals surface area contributed by atoms with Crippen LogP contribution in [0.5, 0.6) is 0 Å². The maximum Gasteiger partial charge on any atom is 0.461 e. The molecule has 0 saturated heterocycles.